The number of aryl methyl sites for hydroxylation is 1. The summed E-state index contributed by atoms with van der Waals surface area (Å²) in [4.78, 5) is 4.43. The van der Waals surface area contributed by atoms with E-state index in [1.54, 1.807) is 0 Å². The lowest BCUT2D eigenvalue weighted by Gasteiger charge is -2.06. The quantitative estimate of drug-likeness (QED) is 0.848. The summed E-state index contributed by atoms with van der Waals surface area (Å²) in [7, 11) is 0. The molecular formula is C14H16N2. The SMILES string of the molecule is Cc1cc(Cc2ccccc2)ncc1CN. The standard InChI is InChI=1S/C14H16N2/c1-11-7-14(16-10-13(11)9-15)8-12-5-3-2-4-6-12/h2-7,10H,8-9,15H2,1H3. The zero-order chi connectivity index (χ0) is 11.4. The topological polar surface area (TPSA) is 38.9 Å². The molecule has 0 aliphatic rings. The van der Waals surface area contributed by atoms with Gasteiger partial charge in [0.05, 0.1) is 0 Å². The Hall–Kier alpha value is -1.67. The van der Waals surface area contributed by atoms with Crippen LogP contribution in [0.4, 0.5) is 0 Å². The van der Waals surface area contributed by atoms with Crippen molar-refractivity contribution in [2.75, 3.05) is 0 Å². The number of hydrogen-bond donors (Lipinski definition) is 1. The number of benzene rings is 1. The molecule has 1 aromatic heterocycles. The van der Waals surface area contributed by atoms with Gasteiger partial charge in [-0.25, -0.2) is 0 Å². The predicted octanol–water partition coefficient (Wildman–Crippen LogP) is 2.44. The zero-order valence-corrected chi connectivity index (χ0v) is 9.48. The molecule has 0 spiro atoms. The van der Waals surface area contributed by atoms with E-state index >= 15 is 0 Å². The van der Waals surface area contributed by atoms with Crippen molar-refractivity contribution in [3.8, 4) is 0 Å². The Kier molecular flexibility index (Phi) is 3.32. The van der Waals surface area contributed by atoms with Crippen molar-refractivity contribution in [1.29, 1.82) is 0 Å². The van der Waals surface area contributed by atoms with Gasteiger partial charge in [0.1, 0.15) is 0 Å². The maximum Gasteiger partial charge on any atom is 0.0450 e. The zero-order valence-electron chi connectivity index (χ0n) is 9.48. The third kappa shape index (κ3) is 2.47. The Balaban J connectivity index is 2.20. The van der Waals surface area contributed by atoms with Gasteiger partial charge in [0.15, 0.2) is 0 Å². The van der Waals surface area contributed by atoms with E-state index in [0.29, 0.717) is 6.54 Å². The van der Waals surface area contributed by atoms with E-state index in [2.05, 4.69) is 42.2 Å². The average molecular weight is 212 g/mol. The fraction of sp³-hybridized carbons (Fsp3) is 0.214. The molecule has 82 valence electrons. The molecule has 0 amide bonds. The molecule has 0 aliphatic heterocycles. The Morgan fingerprint density at radius 3 is 2.56 bits per heavy atom. The van der Waals surface area contributed by atoms with Crippen LogP contribution in [0.2, 0.25) is 0 Å². The second kappa shape index (κ2) is 4.90. The first-order valence-corrected chi connectivity index (χ1v) is 5.48. The fourth-order valence-corrected chi connectivity index (χ4v) is 1.76. The summed E-state index contributed by atoms with van der Waals surface area (Å²) in [5, 5.41) is 0. The van der Waals surface area contributed by atoms with Gasteiger partial charge in [-0.2, -0.15) is 0 Å². The van der Waals surface area contributed by atoms with Gasteiger partial charge < -0.3 is 5.73 Å². The largest absolute Gasteiger partial charge is 0.326 e. The second-order valence-electron chi connectivity index (χ2n) is 3.97. The lowest BCUT2D eigenvalue weighted by molar-refractivity contribution is 0.985. The molecule has 1 aromatic carbocycles. The molecule has 0 saturated carbocycles. The fourth-order valence-electron chi connectivity index (χ4n) is 1.76. The highest BCUT2D eigenvalue weighted by Gasteiger charge is 2.01. The molecule has 2 rings (SSSR count). The van der Waals surface area contributed by atoms with Crippen molar-refractivity contribution in [2.24, 2.45) is 5.73 Å². The van der Waals surface area contributed by atoms with Gasteiger partial charge in [-0.15, -0.1) is 0 Å². The first kappa shape index (κ1) is 10.8. The number of hydrogen-bond acceptors (Lipinski definition) is 2. The van der Waals surface area contributed by atoms with Crippen molar-refractivity contribution in [2.45, 2.75) is 19.9 Å². The van der Waals surface area contributed by atoms with Crippen molar-refractivity contribution in [1.82, 2.24) is 4.98 Å². The molecule has 0 radical (unpaired) electrons. The minimum absolute atomic E-state index is 0.560. The summed E-state index contributed by atoms with van der Waals surface area (Å²) in [5.41, 5.74) is 10.3. The second-order valence-corrected chi connectivity index (χ2v) is 3.97. The van der Waals surface area contributed by atoms with Crippen LogP contribution in [0.5, 0.6) is 0 Å². The smallest absolute Gasteiger partial charge is 0.0450 e. The van der Waals surface area contributed by atoms with E-state index in [-0.39, 0.29) is 0 Å². The molecule has 16 heavy (non-hydrogen) atoms. The minimum Gasteiger partial charge on any atom is -0.326 e. The van der Waals surface area contributed by atoms with Crippen LogP contribution in [0.25, 0.3) is 0 Å². The molecule has 2 aromatic rings. The van der Waals surface area contributed by atoms with Crippen LogP contribution in [-0.2, 0) is 13.0 Å². The summed E-state index contributed by atoms with van der Waals surface area (Å²) in [5.74, 6) is 0. The van der Waals surface area contributed by atoms with Crippen LogP contribution in [0.1, 0.15) is 22.4 Å². The summed E-state index contributed by atoms with van der Waals surface area (Å²) in [6.45, 7) is 2.64. The van der Waals surface area contributed by atoms with Crippen molar-refractivity contribution in [3.63, 3.8) is 0 Å². The van der Waals surface area contributed by atoms with Crippen LogP contribution >= 0.6 is 0 Å². The van der Waals surface area contributed by atoms with E-state index in [0.717, 1.165) is 17.7 Å². The summed E-state index contributed by atoms with van der Waals surface area (Å²) in [6, 6.07) is 12.5. The molecule has 0 atom stereocenters. The highest BCUT2D eigenvalue weighted by atomic mass is 14.7. The Labute approximate surface area is 96.1 Å². The van der Waals surface area contributed by atoms with Gasteiger partial charge in [0.25, 0.3) is 0 Å². The van der Waals surface area contributed by atoms with Crippen molar-refractivity contribution >= 4 is 0 Å². The number of pyridine rings is 1. The lowest BCUT2D eigenvalue weighted by Crippen LogP contribution is -2.02. The molecule has 0 aliphatic carbocycles. The summed E-state index contributed by atoms with van der Waals surface area (Å²) >= 11 is 0. The molecule has 0 unspecified atom stereocenters. The van der Waals surface area contributed by atoms with Crippen LogP contribution in [0.15, 0.2) is 42.6 Å². The first-order valence-electron chi connectivity index (χ1n) is 5.48. The Morgan fingerprint density at radius 2 is 1.94 bits per heavy atom. The third-order valence-electron chi connectivity index (χ3n) is 2.72. The van der Waals surface area contributed by atoms with Gasteiger partial charge in [0.2, 0.25) is 0 Å². The van der Waals surface area contributed by atoms with Gasteiger partial charge in [-0.3, -0.25) is 4.98 Å². The number of rotatable bonds is 3. The molecule has 1 heterocycles. The van der Waals surface area contributed by atoms with E-state index in [1.807, 2.05) is 12.3 Å². The summed E-state index contributed by atoms with van der Waals surface area (Å²) < 4.78 is 0. The van der Waals surface area contributed by atoms with Crippen molar-refractivity contribution < 1.29 is 0 Å². The van der Waals surface area contributed by atoms with E-state index in [4.69, 9.17) is 5.73 Å². The Bertz CT molecular complexity index is 463. The minimum atomic E-state index is 0.560. The molecule has 2 heteroatoms. The molecule has 0 saturated heterocycles. The highest BCUT2D eigenvalue weighted by molar-refractivity contribution is 5.28. The maximum absolute atomic E-state index is 5.61. The number of nitrogens with zero attached hydrogens (tertiary/aromatic N) is 1. The van der Waals surface area contributed by atoms with Gasteiger partial charge >= 0.3 is 0 Å². The van der Waals surface area contributed by atoms with Gasteiger partial charge in [-0.05, 0) is 29.7 Å². The number of aromatic nitrogens is 1. The molecule has 0 fully saturated rings. The van der Waals surface area contributed by atoms with E-state index < -0.39 is 0 Å². The van der Waals surface area contributed by atoms with Crippen LogP contribution < -0.4 is 5.73 Å². The molecule has 2 nitrogen and oxygen atoms in total. The van der Waals surface area contributed by atoms with E-state index in [9.17, 15) is 0 Å². The van der Waals surface area contributed by atoms with E-state index in [1.165, 1.54) is 11.1 Å². The Morgan fingerprint density at radius 1 is 1.19 bits per heavy atom. The molecule has 0 bridgehead atoms. The first-order chi connectivity index (χ1) is 7.79. The third-order valence-corrected chi connectivity index (χ3v) is 2.72. The molecule has 2 N–H and O–H groups in total. The molecular weight excluding hydrogens is 196 g/mol. The lowest BCUT2D eigenvalue weighted by atomic mass is 10.1. The predicted molar refractivity (Wildman–Crippen MR) is 66.1 cm³/mol. The number of nitrogens with two attached hydrogens (primary N) is 1. The van der Waals surface area contributed by atoms with Crippen LogP contribution in [0, 0.1) is 6.92 Å². The van der Waals surface area contributed by atoms with Gasteiger partial charge in [0, 0.05) is 24.9 Å². The van der Waals surface area contributed by atoms with Gasteiger partial charge in [-0.1, -0.05) is 30.3 Å². The average Bonchev–Trinajstić information content (AvgIpc) is 2.31. The van der Waals surface area contributed by atoms with Crippen LogP contribution in [0.3, 0.4) is 0 Å². The van der Waals surface area contributed by atoms with Crippen molar-refractivity contribution in [3.05, 3.63) is 65.0 Å². The monoisotopic (exact) mass is 212 g/mol. The summed E-state index contributed by atoms with van der Waals surface area (Å²) in [6.07, 6.45) is 2.76. The highest BCUT2D eigenvalue weighted by Crippen LogP contribution is 2.11. The maximum atomic E-state index is 5.61. The van der Waals surface area contributed by atoms with Crippen LogP contribution in [-0.4, -0.2) is 4.98 Å². The normalized spacial score (nSPS) is 10.4.